The molecule has 1 aromatic heterocycles. The lowest BCUT2D eigenvalue weighted by atomic mass is 10.2. The Labute approximate surface area is 113 Å². The minimum Gasteiger partial charge on any atom is -0.394 e. The first-order valence-electron chi connectivity index (χ1n) is 6.17. The zero-order chi connectivity index (χ0) is 15.0. The molecule has 1 saturated heterocycles. The molecule has 1 aromatic rings. The van der Waals surface area contributed by atoms with Crippen LogP contribution < -0.4 is 11.2 Å². The third-order valence-electron chi connectivity index (χ3n) is 3.29. The van der Waals surface area contributed by atoms with Gasteiger partial charge in [-0.1, -0.05) is 0 Å². The number of nitrogens with zero attached hydrogens (tertiary/aromatic N) is 2. The zero-order valence-corrected chi connectivity index (χ0v) is 11.1. The van der Waals surface area contributed by atoms with Gasteiger partial charge in [-0.2, -0.15) is 4.57 Å². The summed E-state index contributed by atoms with van der Waals surface area (Å²) in [5.74, 6) is -0.685. The standard InChI is InChI=1S/C12H16N2O6/c1-6-4-13(10-3-8(17)9(5-15)20-10)12(19)14(7(2)16)11(6)18/h4,8-10,15,17H,3,5H2,1-2H3/t8?,9-,10-/m0/s1. The van der Waals surface area contributed by atoms with E-state index in [0.717, 1.165) is 11.5 Å². The van der Waals surface area contributed by atoms with Crippen molar-refractivity contribution in [1.29, 1.82) is 0 Å². The summed E-state index contributed by atoms with van der Waals surface area (Å²) in [5.41, 5.74) is -1.27. The van der Waals surface area contributed by atoms with E-state index in [1.165, 1.54) is 13.1 Å². The highest BCUT2D eigenvalue weighted by Crippen LogP contribution is 2.27. The molecule has 1 fully saturated rings. The number of aliphatic hydroxyl groups excluding tert-OH is 2. The average Bonchev–Trinajstić information content (AvgIpc) is 2.74. The Hall–Kier alpha value is -1.77. The second kappa shape index (κ2) is 5.31. The summed E-state index contributed by atoms with van der Waals surface area (Å²) in [7, 11) is 0. The van der Waals surface area contributed by atoms with Crippen LogP contribution in [0.4, 0.5) is 0 Å². The van der Waals surface area contributed by atoms with Crippen molar-refractivity contribution in [3.8, 4) is 0 Å². The fourth-order valence-electron chi connectivity index (χ4n) is 2.23. The van der Waals surface area contributed by atoms with E-state index >= 15 is 0 Å². The first-order valence-corrected chi connectivity index (χ1v) is 6.17. The highest BCUT2D eigenvalue weighted by Gasteiger charge is 2.35. The van der Waals surface area contributed by atoms with Crippen LogP contribution in [0.5, 0.6) is 0 Å². The number of carbonyl (C=O) groups is 1. The van der Waals surface area contributed by atoms with Gasteiger partial charge < -0.3 is 14.9 Å². The van der Waals surface area contributed by atoms with Crippen LogP contribution in [0.15, 0.2) is 15.8 Å². The van der Waals surface area contributed by atoms with E-state index < -0.39 is 35.6 Å². The SMILES string of the molecule is CC(=O)n1c(=O)c(C)cn([C@@H]2CC(O)[C@H](CO)O2)c1=O. The number of hydrogen-bond donors (Lipinski definition) is 2. The third-order valence-corrected chi connectivity index (χ3v) is 3.29. The Morgan fingerprint density at radius 1 is 1.50 bits per heavy atom. The van der Waals surface area contributed by atoms with Gasteiger partial charge in [-0.05, 0) is 6.92 Å². The van der Waals surface area contributed by atoms with Crippen molar-refractivity contribution in [3.63, 3.8) is 0 Å². The number of aliphatic hydroxyl groups is 2. The molecule has 8 nitrogen and oxygen atoms in total. The van der Waals surface area contributed by atoms with Crippen LogP contribution in [0.2, 0.25) is 0 Å². The molecule has 2 heterocycles. The molecule has 0 amide bonds. The molecule has 2 rings (SSSR count). The minimum absolute atomic E-state index is 0.0979. The molecule has 1 aliphatic rings. The van der Waals surface area contributed by atoms with Crippen LogP contribution in [0, 0.1) is 6.92 Å². The number of aryl methyl sites for hydroxylation is 1. The van der Waals surface area contributed by atoms with Gasteiger partial charge in [-0.3, -0.25) is 14.2 Å². The molecule has 0 aliphatic carbocycles. The monoisotopic (exact) mass is 284 g/mol. The summed E-state index contributed by atoms with van der Waals surface area (Å²) in [4.78, 5) is 35.3. The van der Waals surface area contributed by atoms with Gasteiger partial charge >= 0.3 is 5.69 Å². The van der Waals surface area contributed by atoms with Crippen LogP contribution in [0.1, 0.15) is 29.9 Å². The number of ether oxygens (including phenoxy) is 1. The Balaban J connectivity index is 2.52. The number of hydrogen-bond acceptors (Lipinski definition) is 6. The van der Waals surface area contributed by atoms with E-state index in [2.05, 4.69) is 0 Å². The van der Waals surface area contributed by atoms with Crippen molar-refractivity contribution in [2.24, 2.45) is 0 Å². The van der Waals surface area contributed by atoms with Crippen molar-refractivity contribution in [1.82, 2.24) is 9.13 Å². The highest BCUT2D eigenvalue weighted by atomic mass is 16.5. The molecule has 2 N–H and O–H groups in total. The lowest BCUT2D eigenvalue weighted by Crippen LogP contribution is -2.44. The van der Waals surface area contributed by atoms with Gasteiger partial charge in [0.15, 0.2) is 0 Å². The molecule has 0 saturated carbocycles. The van der Waals surface area contributed by atoms with E-state index in [4.69, 9.17) is 9.84 Å². The summed E-state index contributed by atoms with van der Waals surface area (Å²) < 4.78 is 6.98. The molecule has 20 heavy (non-hydrogen) atoms. The minimum atomic E-state index is -0.907. The quantitative estimate of drug-likeness (QED) is 0.692. The molecular formula is C12H16N2O6. The highest BCUT2D eigenvalue weighted by molar-refractivity contribution is 5.75. The van der Waals surface area contributed by atoms with Crippen molar-refractivity contribution in [2.45, 2.75) is 38.7 Å². The summed E-state index contributed by atoms with van der Waals surface area (Å²) >= 11 is 0. The van der Waals surface area contributed by atoms with Crippen molar-refractivity contribution in [3.05, 3.63) is 32.6 Å². The first-order chi connectivity index (χ1) is 9.36. The van der Waals surface area contributed by atoms with Crippen LogP contribution in [0.25, 0.3) is 0 Å². The molecule has 110 valence electrons. The maximum atomic E-state index is 12.2. The fourth-order valence-corrected chi connectivity index (χ4v) is 2.23. The van der Waals surface area contributed by atoms with E-state index in [9.17, 15) is 19.5 Å². The van der Waals surface area contributed by atoms with Crippen molar-refractivity contribution >= 4 is 5.91 Å². The van der Waals surface area contributed by atoms with E-state index in [0.29, 0.717) is 4.57 Å². The van der Waals surface area contributed by atoms with Gasteiger partial charge in [-0.25, -0.2) is 4.79 Å². The Morgan fingerprint density at radius 2 is 2.15 bits per heavy atom. The van der Waals surface area contributed by atoms with Gasteiger partial charge in [-0.15, -0.1) is 0 Å². The van der Waals surface area contributed by atoms with Crippen molar-refractivity contribution < 1.29 is 19.7 Å². The van der Waals surface area contributed by atoms with Crippen LogP contribution in [0.3, 0.4) is 0 Å². The summed E-state index contributed by atoms with van der Waals surface area (Å²) in [6, 6.07) is 0. The normalized spacial score (nSPS) is 25.9. The smallest absolute Gasteiger partial charge is 0.340 e. The lowest BCUT2D eigenvalue weighted by Gasteiger charge is -2.16. The molecular weight excluding hydrogens is 268 g/mol. The maximum absolute atomic E-state index is 12.2. The second-order valence-corrected chi connectivity index (χ2v) is 4.78. The van der Waals surface area contributed by atoms with Gasteiger partial charge in [0.2, 0.25) is 5.91 Å². The molecule has 8 heteroatoms. The van der Waals surface area contributed by atoms with E-state index in [1.807, 2.05) is 0 Å². The van der Waals surface area contributed by atoms with Gasteiger partial charge in [0.05, 0.1) is 12.7 Å². The summed E-state index contributed by atoms with van der Waals surface area (Å²) in [5, 5.41) is 18.7. The average molecular weight is 284 g/mol. The zero-order valence-electron chi connectivity index (χ0n) is 11.1. The molecule has 1 aliphatic heterocycles. The van der Waals surface area contributed by atoms with Crippen LogP contribution in [-0.2, 0) is 4.74 Å². The number of carbonyl (C=O) groups excluding carboxylic acids is 1. The molecule has 0 radical (unpaired) electrons. The van der Waals surface area contributed by atoms with E-state index in [-0.39, 0.29) is 18.6 Å². The lowest BCUT2D eigenvalue weighted by molar-refractivity contribution is -0.0462. The van der Waals surface area contributed by atoms with Crippen molar-refractivity contribution in [2.75, 3.05) is 6.61 Å². The predicted octanol–water partition coefficient (Wildman–Crippen LogP) is -1.38. The van der Waals surface area contributed by atoms with E-state index in [1.54, 1.807) is 0 Å². The topological polar surface area (TPSA) is 111 Å². The molecule has 3 atom stereocenters. The summed E-state index contributed by atoms with van der Waals surface area (Å²) in [6.07, 6.45) is -1.12. The second-order valence-electron chi connectivity index (χ2n) is 4.78. The maximum Gasteiger partial charge on any atom is 0.340 e. The molecule has 1 unspecified atom stereocenters. The molecule has 0 spiro atoms. The van der Waals surface area contributed by atoms with Crippen LogP contribution in [-0.4, -0.2) is 44.1 Å². The molecule has 0 bridgehead atoms. The first kappa shape index (κ1) is 14.6. The van der Waals surface area contributed by atoms with Gasteiger partial charge in [0, 0.05) is 25.1 Å². The van der Waals surface area contributed by atoms with Crippen LogP contribution >= 0.6 is 0 Å². The summed E-state index contributed by atoms with van der Waals surface area (Å²) in [6.45, 7) is 2.22. The molecule has 0 aromatic carbocycles. The number of rotatable bonds is 2. The largest absolute Gasteiger partial charge is 0.394 e. The third kappa shape index (κ3) is 2.33. The Morgan fingerprint density at radius 3 is 2.65 bits per heavy atom. The predicted molar refractivity (Wildman–Crippen MR) is 67.6 cm³/mol. The Kier molecular flexibility index (Phi) is 3.89. The van der Waals surface area contributed by atoms with Gasteiger partial charge in [0.1, 0.15) is 12.3 Å². The number of aromatic nitrogens is 2. The Bertz CT molecular complexity index is 646. The van der Waals surface area contributed by atoms with Gasteiger partial charge in [0.25, 0.3) is 5.56 Å². The fraction of sp³-hybridized carbons (Fsp3) is 0.583.